The lowest BCUT2D eigenvalue weighted by molar-refractivity contribution is -0.670. The van der Waals surface area contributed by atoms with Gasteiger partial charge < -0.3 is 4.90 Å². The number of para-hydroxylation sites is 1. The molecule has 0 spiro atoms. The van der Waals surface area contributed by atoms with Crippen molar-refractivity contribution in [2.24, 2.45) is 0 Å². The van der Waals surface area contributed by atoms with Crippen molar-refractivity contribution in [2.75, 3.05) is 11.9 Å². The number of nitrogens with zero attached hydrogens (tertiary/aromatic N) is 3. The molecule has 0 radical (unpaired) electrons. The molecule has 0 saturated carbocycles. The van der Waals surface area contributed by atoms with Gasteiger partial charge in [0.15, 0.2) is 11.0 Å². The van der Waals surface area contributed by atoms with E-state index in [1.807, 2.05) is 77.5 Å². The number of hydrogen-bond donors (Lipinski definition) is 0. The molecule has 0 amide bonds. The largest absolute Gasteiger partial charge is 0.501 e. The summed E-state index contributed by atoms with van der Waals surface area (Å²) >= 11 is 0. The van der Waals surface area contributed by atoms with Crippen molar-refractivity contribution < 1.29 is 26.2 Å². The maximum Gasteiger partial charge on any atom is 0.501 e. The summed E-state index contributed by atoms with van der Waals surface area (Å²) in [5.74, 6) is 0.763. The molecule has 160 valence electrons. The standard InChI is InChI=1S/C21H23F3N3O2S/c1-4-26-18-12-11-17(30(28,29)21(22,23)24)15-19(18)27(5-2)20(26)13-14-25(3)16-9-7-6-8-10-16/h6-15H,4-5H2,1-3H3/q+1. The van der Waals surface area contributed by atoms with Crippen LogP contribution in [0.3, 0.4) is 0 Å². The Balaban J connectivity index is 2.14. The third-order valence-corrected chi connectivity index (χ3v) is 6.42. The van der Waals surface area contributed by atoms with Crippen LogP contribution in [0.25, 0.3) is 17.1 Å². The number of benzene rings is 2. The van der Waals surface area contributed by atoms with Crippen LogP contribution in [0.2, 0.25) is 0 Å². The summed E-state index contributed by atoms with van der Waals surface area (Å²) in [5, 5.41) is 0. The molecule has 0 aliphatic heterocycles. The third kappa shape index (κ3) is 3.81. The number of aryl methyl sites for hydroxylation is 2. The minimum Gasteiger partial charge on any atom is -0.351 e. The van der Waals surface area contributed by atoms with E-state index >= 15 is 0 Å². The highest BCUT2D eigenvalue weighted by molar-refractivity contribution is 7.92. The van der Waals surface area contributed by atoms with E-state index in [-0.39, 0.29) is 0 Å². The molecule has 3 aromatic rings. The number of alkyl halides is 3. The van der Waals surface area contributed by atoms with Gasteiger partial charge in [0.05, 0.1) is 18.0 Å². The Labute approximate surface area is 173 Å². The first kappa shape index (κ1) is 21.9. The molecule has 0 unspecified atom stereocenters. The van der Waals surface area contributed by atoms with Gasteiger partial charge in [-0.1, -0.05) is 18.2 Å². The molecule has 5 nitrogen and oxygen atoms in total. The van der Waals surface area contributed by atoms with Gasteiger partial charge in [0.25, 0.3) is 15.7 Å². The van der Waals surface area contributed by atoms with Gasteiger partial charge in [-0.25, -0.2) is 17.6 Å². The molecule has 0 saturated heterocycles. The maximum absolute atomic E-state index is 13.0. The van der Waals surface area contributed by atoms with Crippen LogP contribution in [-0.2, 0) is 22.9 Å². The fourth-order valence-electron chi connectivity index (χ4n) is 3.41. The Morgan fingerprint density at radius 2 is 1.77 bits per heavy atom. The van der Waals surface area contributed by atoms with Crippen molar-refractivity contribution in [1.29, 1.82) is 0 Å². The smallest absolute Gasteiger partial charge is 0.351 e. The Bertz CT molecular complexity index is 1180. The molecule has 30 heavy (non-hydrogen) atoms. The van der Waals surface area contributed by atoms with Gasteiger partial charge in [0.2, 0.25) is 0 Å². The quantitative estimate of drug-likeness (QED) is 0.537. The number of aromatic nitrogens is 2. The monoisotopic (exact) mass is 438 g/mol. The summed E-state index contributed by atoms with van der Waals surface area (Å²) in [6, 6.07) is 13.3. The lowest BCUT2D eigenvalue weighted by Crippen LogP contribution is -2.35. The first-order valence-electron chi connectivity index (χ1n) is 9.45. The Hall–Kier alpha value is -2.81. The summed E-state index contributed by atoms with van der Waals surface area (Å²) in [7, 11) is -3.52. The number of halogens is 3. The molecule has 9 heteroatoms. The van der Waals surface area contributed by atoms with E-state index < -0.39 is 20.2 Å². The molecule has 0 aliphatic rings. The predicted molar refractivity (Wildman–Crippen MR) is 111 cm³/mol. The number of fused-ring (bicyclic) bond motifs is 1. The SMILES string of the molecule is CCn1c(C=CN(C)c2ccccc2)[n+](CC)c2ccc(S(=O)(=O)C(F)(F)F)cc21. The minimum atomic E-state index is -5.41. The lowest BCUT2D eigenvalue weighted by atomic mass is 10.3. The van der Waals surface area contributed by atoms with Crippen molar-refractivity contribution in [3.8, 4) is 0 Å². The van der Waals surface area contributed by atoms with Gasteiger partial charge in [-0.2, -0.15) is 13.2 Å². The van der Waals surface area contributed by atoms with E-state index in [1.165, 1.54) is 6.07 Å². The highest BCUT2D eigenvalue weighted by Gasteiger charge is 2.47. The van der Waals surface area contributed by atoms with Crippen LogP contribution in [0, 0.1) is 0 Å². The molecular weight excluding hydrogens is 415 g/mol. The Morgan fingerprint density at radius 3 is 2.33 bits per heavy atom. The summed E-state index contributed by atoms with van der Waals surface area (Å²) in [6.07, 6.45) is 3.74. The van der Waals surface area contributed by atoms with Crippen LogP contribution in [0.1, 0.15) is 19.7 Å². The van der Waals surface area contributed by atoms with Crippen LogP contribution in [0.4, 0.5) is 18.9 Å². The Kier molecular flexibility index (Phi) is 5.94. The summed E-state index contributed by atoms with van der Waals surface area (Å²) in [6.45, 7) is 4.83. The van der Waals surface area contributed by atoms with Crippen LogP contribution < -0.4 is 9.47 Å². The van der Waals surface area contributed by atoms with Crippen LogP contribution in [-0.4, -0.2) is 25.5 Å². The molecular formula is C21H23F3N3O2S+. The minimum absolute atomic E-state index is 0.437. The van der Waals surface area contributed by atoms with Crippen LogP contribution >= 0.6 is 0 Å². The first-order chi connectivity index (χ1) is 14.1. The maximum atomic E-state index is 13.0. The van der Waals surface area contributed by atoms with Crippen LogP contribution in [0.5, 0.6) is 0 Å². The number of imidazole rings is 1. The van der Waals surface area contributed by atoms with E-state index in [0.29, 0.717) is 24.1 Å². The van der Waals surface area contributed by atoms with E-state index in [0.717, 1.165) is 23.6 Å². The van der Waals surface area contributed by atoms with Crippen LogP contribution in [0.15, 0.2) is 59.6 Å². The zero-order chi connectivity index (χ0) is 22.1. The second-order valence-corrected chi connectivity index (χ2v) is 8.65. The second-order valence-electron chi connectivity index (χ2n) is 6.71. The molecule has 0 fully saturated rings. The number of rotatable bonds is 6. The number of hydrogen-bond acceptors (Lipinski definition) is 3. The van der Waals surface area contributed by atoms with Crippen molar-refractivity contribution in [3.05, 3.63) is 60.6 Å². The van der Waals surface area contributed by atoms with Gasteiger partial charge in [0.1, 0.15) is 0 Å². The average Bonchev–Trinajstić information content (AvgIpc) is 3.03. The highest BCUT2D eigenvalue weighted by atomic mass is 32.2. The van der Waals surface area contributed by atoms with E-state index in [9.17, 15) is 21.6 Å². The predicted octanol–water partition coefficient (Wildman–Crippen LogP) is 4.37. The van der Waals surface area contributed by atoms with Gasteiger partial charge in [-0.15, -0.1) is 0 Å². The summed E-state index contributed by atoms with van der Waals surface area (Å²) in [4.78, 5) is 1.17. The average molecular weight is 438 g/mol. The zero-order valence-electron chi connectivity index (χ0n) is 16.9. The van der Waals surface area contributed by atoms with Gasteiger partial charge in [0, 0.05) is 31.1 Å². The lowest BCUT2D eigenvalue weighted by Gasteiger charge is -2.13. The molecule has 1 aromatic heterocycles. The van der Waals surface area contributed by atoms with Crippen molar-refractivity contribution in [1.82, 2.24) is 4.57 Å². The third-order valence-electron chi connectivity index (χ3n) is 4.94. The molecule has 0 bridgehead atoms. The van der Waals surface area contributed by atoms with Gasteiger partial charge >= 0.3 is 5.51 Å². The van der Waals surface area contributed by atoms with Crippen molar-refractivity contribution in [2.45, 2.75) is 37.3 Å². The fourth-order valence-corrected chi connectivity index (χ4v) is 4.19. The van der Waals surface area contributed by atoms with Gasteiger partial charge in [-0.05, 0) is 38.1 Å². The normalized spacial score (nSPS) is 12.7. The Morgan fingerprint density at radius 1 is 1.10 bits per heavy atom. The second kappa shape index (κ2) is 8.14. The van der Waals surface area contributed by atoms with Crippen molar-refractivity contribution >= 4 is 32.6 Å². The molecule has 3 rings (SSSR count). The molecule has 2 aromatic carbocycles. The first-order valence-corrected chi connectivity index (χ1v) is 10.9. The summed E-state index contributed by atoms with van der Waals surface area (Å²) in [5.41, 5.74) is -3.25. The van der Waals surface area contributed by atoms with E-state index in [1.54, 1.807) is 0 Å². The van der Waals surface area contributed by atoms with E-state index in [4.69, 9.17) is 0 Å². The zero-order valence-corrected chi connectivity index (χ0v) is 17.7. The molecule has 0 atom stereocenters. The molecule has 1 heterocycles. The highest BCUT2D eigenvalue weighted by Crippen LogP contribution is 2.32. The van der Waals surface area contributed by atoms with E-state index in [2.05, 4.69) is 0 Å². The van der Waals surface area contributed by atoms with Gasteiger partial charge in [-0.3, -0.25) is 0 Å². The number of sulfone groups is 1. The van der Waals surface area contributed by atoms with Crippen molar-refractivity contribution in [3.63, 3.8) is 0 Å². The molecule has 0 N–H and O–H groups in total. The topological polar surface area (TPSA) is 46.2 Å². The number of anilines is 1. The summed E-state index contributed by atoms with van der Waals surface area (Å²) < 4.78 is 66.5. The molecule has 0 aliphatic carbocycles. The fraction of sp³-hybridized carbons (Fsp3) is 0.286.